The number of thioether (sulfide) groups is 1. The predicted molar refractivity (Wildman–Crippen MR) is 63.1 cm³/mol. The SMILES string of the molecule is Cc1ccsc1C(CN)Sc1ncn[nH]1. The van der Waals surface area contributed by atoms with Crippen LogP contribution in [0.2, 0.25) is 0 Å². The van der Waals surface area contributed by atoms with Crippen LogP contribution in [0.3, 0.4) is 0 Å². The average molecular weight is 240 g/mol. The monoisotopic (exact) mass is 240 g/mol. The molecule has 0 saturated carbocycles. The zero-order valence-corrected chi connectivity index (χ0v) is 9.94. The molecule has 3 N–H and O–H groups in total. The molecule has 0 spiro atoms. The smallest absolute Gasteiger partial charge is 0.184 e. The maximum absolute atomic E-state index is 5.77. The van der Waals surface area contributed by atoms with E-state index in [1.807, 2.05) is 0 Å². The lowest BCUT2D eigenvalue weighted by Crippen LogP contribution is -2.09. The third kappa shape index (κ3) is 2.39. The van der Waals surface area contributed by atoms with E-state index in [0.29, 0.717) is 6.54 Å². The third-order valence-electron chi connectivity index (χ3n) is 2.06. The van der Waals surface area contributed by atoms with Crippen LogP contribution in [0.5, 0.6) is 0 Å². The molecule has 2 heterocycles. The van der Waals surface area contributed by atoms with Crippen LogP contribution >= 0.6 is 23.1 Å². The van der Waals surface area contributed by atoms with Crippen molar-refractivity contribution in [2.24, 2.45) is 5.73 Å². The van der Waals surface area contributed by atoms with E-state index in [0.717, 1.165) is 5.16 Å². The molecule has 4 nitrogen and oxygen atoms in total. The Bertz CT molecular complexity index is 409. The number of thiophene rings is 1. The Kier molecular flexibility index (Phi) is 3.40. The Hall–Kier alpha value is -0.850. The highest BCUT2D eigenvalue weighted by molar-refractivity contribution is 7.99. The van der Waals surface area contributed by atoms with Crippen molar-refractivity contribution in [3.05, 3.63) is 28.2 Å². The number of nitrogens with two attached hydrogens (primary N) is 1. The van der Waals surface area contributed by atoms with Crippen molar-refractivity contribution in [2.75, 3.05) is 6.54 Å². The van der Waals surface area contributed by atoms with E-state index >= 15 is 0 Å². The number of aromatic nitrogens is 3. The Morgan fingerprint density at radius 2 is 2.53 bits per heavy atom. The highest BCUT2D eigenvalue weighted by Crippen LogP contribution is 2.36. The summed E-state index contributed by atoms with van der Waals surface area (Å²) in [6.07, 6.45) is 1.51. The molecule has 0 aliphatic heterocycles. The van der Waals surface area contributed by atoms with Gasteiger partial charge in [-0.2, -0.15) is 5.10 Å². The van der Waals surface area contributed by atoms with Gasteiger partial charge in [-0.25, -0.2) is 4.98 Å². The van der Waals surface area contributed by atoms with Crippen molar-refractivity contribution in [3.63, 3.8) is 0 Å². The van der Waals surface area contributed by atoms with Gasteiger partial charge >= 0.3 is 0 Å². The standard InChI is InChI=1S/C9H12N4S2/c1-6-2-3-14-8(6)7(4-10)15-9-11-5-12-13-9/h2-3,5,7H,4,10H2,1H3,(H,11,12,13). The number of rotatable bonds is 4. The summed E-state index contributed by atoms with van der Waals surface area (Å²) >= 11 is 3.36. The molecule has 0 radical (unpaired) electrons. The van der Waals surface area contributed by atoms with Crippen LogP contribution in [0.4, 0.5) is 0 Å². The van der Waals surface area contributed by atoms with Crippen LogP contribution in [0.15, 0.2) is 22.9 Å². The molecule has 15 heavy (non-hydrogen) atoms. The summed E-state index contributed by atoms with van der Waals surface area (Å²) in [4.78, 5) is 5.41. The summed E-state index contributed by atoms with van der Waals surface area (Å²) in [5, 5.41) is 9.82. The fourth-order valence-corrected chi connectivity index (χ4v) is 3.41. The van der Waals surface area contributed by atoms with Crippen molar-refractivity contribution >= 4 is 23.1 Å². The van der Waals surface area contributed by atoms with E-state index < -0.39 is 0 Å². The normalized spacial score (nSPS) is 12.9. The molecule has 1 unspecified atom stereocenters. The third-order valence-corrected chi connectivity index (χ3v) is 4.47. The van der Waals surface area contributed by atoms with E-state index in [1.165, 1.54) is 16.8 Å². The van der Waals surface area contributed by atoms with Crippen LogP contribution in [-0.4, -0.2) is 21.7 Å². The minimum absolute atomic E-state index is 0.262. The Balaban J connectivity index is 2.15. The number of hydrogen-bond acceptors (Lipinski definition) is 5. The molecule has 0 aliphatic carbocycles. The first-order valence-corrected chi connectivity index (χ1v) is 6.33. The second-order valence-electron chi connectivity index (χ2n) is 3.10. The number of aromatic amines is 1. The lowest BCUT2D eigenvalue weighted by Gasteiger charge is -2.11. The van der Waals surface area contributed by atoms with Gasteiger partial charge < -0.3 is 5.73 Å². The van der Waals surface area contributed by atoms with Crippen LogP contribution < -0.4 is 5.73 Å². The molecule has 0 aliphatic rings. The lowest BCUT2D eigenvalue weighted by atomic mass is 10.2. The molecular weight excluding hydrogens is 228 g/mol. The molecular formula is C9H12N4S2. The average Bonchev–Trinajstić information content (AvgIpc) is 2.85. The van der Waals surface area contributed by atoms with Crippen molar-refractivity contribution in [1.29, 1.82) is 0 Å². The van der Waals surface area contributed by atoms with Gasteiger partial charge in [0.1, 0.15) is 6.33 Å². The van der Waals surface area contributed by atoms with Crippen molar-refractivity contribution in [3.8, 4) is 0 Å². The van der Waals surface area contributed by atoms with Crippen LogP contribution in [0.25, 0.3) is 0 Å². The number of H-pyrrole nitrogens is 1. The van der Waals surface area contributed by atoms with Crippen molar-refractivity contribution < 1.29 is 0 Å². The van der Waals surface area contributed by atoms with Gasteiger partial charge in [0, 0.05) is 11.4 Å². The molecule has 0 amide bonds. The summed E-state index contributed by atoms with van der Waals surface area (Å²) in [7, 11) is 0. The van der Waals surface area contributed by atoms with Gasteiger partial charge in [0.25, 0.3) is 0 Å². The van der Waals surface area contributed by atoms with E-state index in [1.54, 1.807) is 23.1 Å². The first kappa shape index (κ1) is 10.7. The van der Waals surface area contributed by atoms with Gasteiger partial charge in [-0.05, 0) is 23.9 Å². The second-order valence-corrected chi connectivity index (χ2v) is 5.24. The van der Waals surface area contributed by atoms with Crippen molar-refractivity contribution in [1.82, 2.24) is 15.2 Å². The fourth-order valence-electron chi connectivity index (χ4n) is 1.31. The molecule has 0 saturated heterocycles. The molecule has 2 aromatic heterocycles. The molecule has 0 aromatic carbocycles. The summed E-state index contributed by atoms with van der Waals surface area (Å²) in [6.45, 7) is 2.71. The molecule has 2 aromatic rings. The van der Waals surface area contributed by atoms with Gasteiger partial charge in [0.2, 0.25) is 0 Å². The maximum atomic E-state index is 5.77. The fraction of sp³-hybridized carbons (Fsp3) is 0.333. The Morgan fingerprint density at radius 1 is 1.67 bits per heavy atom. The van der Waals surface area contributed by atoms with Crippen LogP contribution in [-0.2, 0) is 0 Å². The number of aryl methyl sites for hydroxylation is 1. The van der Waals surface area contributed by atoms with Gasteiger partial charge in [-0.1, -0.05) is 11.8 Å². The highest BCUT2D eigenvalue weighted by Gasteiger charge is 2.16. The van der Waals surface area contributed by atoms with Gasteiger partial charge in [-0.3, -0.25) is 5.10 Å². The summed E-state index contributed by atoms with van der Waals surface area (Å²) in [5.41, 5.74) is 7.07. The summed E-state index contributed by atoms with van der Waals surface area (Å²) < 4.78 is 0. The molecule has 1 atom stereocenters. The second kappa shape index (κ2) is 4.78. The van der Waals surface area contributed by atoms with Gasteiger partial charge in [0.15, 0.2) is 5.16 Å². The largest absolute Gasteiger partial charge is 0.329 e. The Morgan fingerprint density at radius 3 is 3.07 bits per heavy atom. The summed E-state index contributed by atoms with van der Waals surface area (Å²) in [5.74, 6) is 0. The van der Waals surface area contributed by atoms with Gasteiger partial charge in [-0.15, -0.1) is 11.3 Å². The summed E-state index contributed by atoms with van der Waals surface area (Å²) in [6, 6.07) is 2.11. The minimum atomic E-state index is 0.262. The van der Waals surface area contributed by atoms with Crippen LogP contribution in [0, 0.1) is 6.92 Å². The van der Waals surface area contributed by atoms with E-state index in [4.69, 9.17) is 5.73 Å². The van der Waals surface area contributed by atoms with Crippen LogP contribution in [0.1, 0.15) is 15.7 Å². The zero-order chi connectivity index (χ0) is 10.7. The van der Waals surface area contributed by atoms with Gasteiger partial charge in [0.05, 0.1) is 5.25 Å². The molecule has 2 rings (SSSR count). The van der Waals surface area contributed by atoms with E-state index in [9.17, 15) is 0 Å². The minimum Gasteiger partial charge on any atom is -0.329 e. The van der Waals surface area contributed by atoms with E-state index in [2.05, 4.69) is 33.6 Å². The predicted octanol–water partition coefficient (Wildman–Crippen LogP) is 1.97. The topological polar surface area (TPSA) is 67.6 Å². The maximum Gasteiger partial charge on any atom is 0.184 e. The number of nitrogens with zero attached hydrogens (tertiary/aromatic N) is 2. The zero-order valence-electron chi connectivity index (χ0n) is 8.30. The molecule has 0 fully saturated rings. The first-order chi connectivity index (χ1) is 7.31. The van der Waals surface area contributed by atoms with E-state index in [-0.39, 0.29) is 5.25 Å². The number of hydrogen-bond donors (Lipinski definition) is 2. The Labute approximate surface area is 96.3 Å². The van der Waals surface area contributed by atoms with Crippen molar-refractivity contribution in [2.45, 2.75) is 17.3 Å². The molecule has 80 valence electrons. The highest BCUT2D eigenvalue weighted by atomic mass is 32.2. The number of nitrogens with one attached hydrogen (secondary N) is 1. The lowest BCUT2D eigenvalue weighted by molar-refractivity contribution is 0.921. The molecule has 6 heteroatoms. The molecule has 0 bridgehead atoms. The quantitative estimate of drug-likeness (QED) is 0.802. The first-order valence-electron chi connectivity index (χ1n) is 4.57.